The summed E-state index contributed by atoms with van der Waals surface area (Å²) in [4.78, 5) is 40.0. The van der Waals surface area contributed by atoms with Crippen LogP contribution in [-0.2, 0) is 9.59 Å². The molecule has 0 spiro atoms. The second-order valence-electron chi connectivity index (χ2n) is 5.93. The summed E-state index contributed by atoms with van der Waals surface area (Å²) < 4.78 is 0. The molecule has 4 heterocycles. The van der Waals surface area contributed by atoms with E-state index in [4.69, 9.17) is 0 Å². The molecule has 0 aromatic carbocycles. The summed E-state index contributed by atoms with van der Waals surface area (Å²) in [6.07, 6.45) is 4.35. The fourth-order valence-corrected chi connectivity index (χ4v) is 4.69. The van der Waals surface area contributed by atoms with Crippen LogP contribution in [0.15, 0.2) is 18.0 Å². The first-order chi connectivity index (χ1) is 11.6. The monoisotopic (exact) mass is 348 g/mol. The normalized spacial score (nSPS) is 30.3. The minimum absolute atomic E-state index is 0.274. The first kappa shape index (κ1) is 15.2. The van der Waals surface area contributed by atoms with E-state index in [9.17, 15) is 14.4 Å². The lowest BCUT2D eigenvalue weighted by molar-refractivity contribution is -0.141. The Morgan fingerprint density at radius 2 is 2.00 bits per heavy atom. The van der Waals surface area contributed by atoms with Gasteiger partial charge in [0.25, 0.3) is 0 Å². The van der Waals surface area contributed by atoms with Crippen LogP contribution in [0.1, 0.15) is 19.8 Å². The number of carbonyl (C=O) groups excluding carboxylic acids is 3. The van der Waals surface area contributed by atoms with Gasteiger partial charge in [0.2, 0.25) is 11.8 Å². The van der Waals surface area contributed by atoms with Crippen molar-refractivity contribution >= 4 is 34.6 Å². The molecular formula is C14H16N6O3S. The molecule has 3 unspecified atom stereocenters. The number of hydrogen-bond acceptors (Lipinski definition) is 6. The molecule has 0 saturated carbocycles. The highest BCUT2D eigenvalue weighted by Gasteiger charge is 2.51. The van der Waals surface area contributed by atoms with E-state index in [2.05, 4.69) is 20.8 Å². The number of nitrogens with zero attached hydrogens (tertiary/aromatic N) is 4. The number of carbonyl (C=O) groups is 3. The molecule has 1 aromatic heterocycles. The van der Waals surface area contributed by atoms with Crippen LogP contribution in [0.25, 0.3) is 5.03 Å². The average Bonchev–Trinajstić information content (AvgIpc) is 3.17. The second kappa shape index (κ2) is 5.62. The summed E-state index contributed by atoms with van der Waals surface area (Å²) in [6, 6.07) is -1.25. The number of hydrogen-bond donors (Lipinski definition) is 2. The molecular weight excluding hydrogens is 332 g/mol. The number of piperidine rings is 1. The van der Waals surface area contributed by atoms with Crippen LogP contribution in [0.4, 0.5) is 4.79 Å². The van der Waals surface area contributed by atoms with E-state index in [1.165, 1.54) is 16.6 Å². The van der Waals surface area contributed by atoms with E-state index in [-0.39, 0.29) is 11.8 Å². The van der Waals surface area contributed by atoms with Gasteiger partial charge in [0.15, 0.2) is 0 Å². The molecule has 2 fully saturated rings. The smallest absolute Gasteiger partial charge is 0.325 e. The zero-order chi connectivity index (χ0) is 16.8. The third kappa shape index (κ3) is 2.20. The number of amides is 4. The minimum Gasteiger partial charge on any atom is -0.354 e. The predicted molar refractivity (Wildman–Crippen MR) is 85.2 cm³/mol. The summed E-state index contributed by atoms with van der Waals surface area (Å²) in [5.74, 6) is -1.12. The van der Waals surface area contributed by atoms with Crippen LogP contribution in [0.3, 0.4) is 0 Å². The Labute approximate surface area is 141 Å². The molecule has 0 radical (unpaired) electrons. The van der Waals surface area contributed by atoms with Crippen LogP contribution in [-0.4, -0.2) is 55.7 Å². The molecule has 4 rings (SSSR count). The van der Waals surface area contributed by atoms with E-state index in [1.807, 2.05) is 6.92 Å². The van der Waals surface area contributed by atoms with Crippen LogP contribution in [0.5, 0.6) is 0 Å². The summed E-state index contributed by atoms with van der Waals surface area (Å²) in [7, 11) is 0. The molecule has 10 heteroatoms. The molecule has 3 atom stereocenters. The molecule has 2 saturated heterocycles. The number of aromatic nitrogens is 3. The van der Waals surface area contributed by atoms with Gasteiger partial charge >= 0.3 is 6.03 Å². The quantitative estimate of drug-likeness (QED) is 0.778. The van der Waals surface area contributed by atoms with Crippen molar-refractivity contribution in [2.75, 3.05) is 6.54 Å². The van der Waals surface area contributed by atoms with Gasteiger partial charge in [0, 0.05) is 6.54 Å². The average molecular weight is 348 g/mol. The predicted octanol–water partition coefficient (Wildman–Crippen LogP) is -0.0139. The van der Waals surface area contributed by atoms with Crippen molar-refractivity contribution in [1.82, 2.24) is 30.5 Å². The first-order valence-corrected chi connectivity index (χ1v) is 8.61. The molecule has 0 bridgehead atoms. The molecule has 24 heavy (non-hydrogen) atoms. The third-order valence-corrected chi connectivity index (χ3v) is 5.85. The van der Waals surface area contributed by atoms with Crippen molar-refractivity contribution in [3.63, 3.8) is 0 Å². The lowest BCUT2D eigenvalue weighted by Crippen LogP contribution is -2.64. The lowest BCUT2D eigenvalue weighted by atomic mass is 9.95. The van der Waals surface area contributed by atoms with Crippen LogP contribution >= 0.6 is 11.8 Å². The molecule has 4 amide bonds. The maximum Gasteiger partial charge on any atom is 0.325 e. The second-order valence-corrected chi connectivity index (χ2v) is 7.06. The number of imide groups is 1. The molecule has 1 aromatic rings. The van der Waals surface area contributed by atoms with Gasteiger partial charge in [-0.15, -0.1) is 4.80 Å². The van der Waals surface area contributed by atoms with E-state index in [1.54, 1.807) is 12.4 Å². The van der Waals surface area contributed by atoms with Gasteiger partial charge in [0.1, 0.15) is 11.1 Å². The largest absolute Gasteiger partial charge is 0.354 e. The zero-order valence-corrected chi connectivity index (χ0v) is 13.7. The van der Waals surface area contributed by atoms with Gasteiger partial charge in [-0.05, 0) is 25.3 Å². The van der Waals surface area contributed by atoms with Gasteiger partial charge in [-0.25, -0.2) is 4.79 Å². The van der Waals surface area contributed by atoms with Crippen molar-refractivity contribution in [2.24, 2.45) is 5.92 Å². The fraction of sp³-hybridized carbons (Fsp3) is 0.500. The van der Waals surface area contributed by atoms with E-state index < -0.39 is 23.4 Å². The van der Waals surface area contributed by atoms with E-state index in [0.717, 1.165) is 21.9 Å². The highest BCUT2D eigenvalue weighted by atomic mass is 32.2. The highest BCUT2D eigenvalue weighted by molar-refractivity contribution is 8.08. The Hall–Kier alpha value is -2.36. The van der Waals surface area contributed by atoms with Crippen molar-refractivity contribution in [1.29, 1.82) is 0 Å². The minimum atomic E-state index is -0.739. The topological polar surface area (TPSA) is 109 Å². The van der Waals surface area contributed by atoms with Crippen molar-refractivity contribution < 1.29 is 14.4 Å². The lowest BCUT2D eigenvalue weighted by Gasteiger charge is -2.39. The molecule has 0 aliphatic carbocycles. The fourth-order valence-electron chi connectivity index (χ4n) is 3.33. The molecule has 9 nitrogen and oxygen atoms in total. The molecule has 3 aliphatic rings. The van der Waals surface area contributed by atoms with Gasteiger partial charge in [-0.2, -0.15) is 10.2 Å². The summed E-state index contributed by atoms with van der Waals surface area (Å²) in [6.45, 7) is 2.42. The Morgan fingerprint density at radius 3 is 2.71 bits per heavy atom. The van der Waals surface area contributed by atoms with Crippen molar-refractivity contribution in [3.05, 3.63) is 18.0 Å². The third-order valence-electron chi connectivity index (χ3n) is 4.50. The Balaban J connectivity index is 1.66. The van der Waals surface area contributed by atoms with Crippen LogP contribution in [0.2, 0.25) is 0 Å². The van der Waals surface area contributed by atoms with E-state index >= 15 is 0 Å². The molecule has 126 valence electrons. The number of nitrogens with one attached hydrogen (secondary N) is 2. The number of rotatable bonds is 2. The van der Waals surface area contributed by atoms with Gasteiger partial charge in [0.05, 0.1) is 23.7 Å². The summed E-state index contributed by atoms with van der Waals surface area (Å²) in [5.41, 5.74) is 0.799. The van der Waals surface area contributed by atoms with Gasteiger partial charge in [-0.3, -0.25) is 14.5 Å². The Bertz CT molecular complexity index is 746. The van der Waals surface area contributed by atoms with Crippen LogP contribution < -0.4 is 10.6 Å². The molecule has 3 aliphatic heterocycles. The molecule has 2 N–H and O–H groups in total. The van der Waals surface area contributed by atoms with E-state index in [0.29, 0.717) is 13.0 Å². The summed E-state index contributed by atoms with van der Waals surface area (Å²) >= 11 is 1.36. The zero-order valence-electron chi connectivity index (χ0n) is 12.9. The Morgan fingerprint density at radius 1 is 1.25 bits per heavy atom. The Kier molecular flexibility index (Phi) is 3.56. The van der Waals surface area contributed by atoms with Crippen molar-refractivity contribution in [2.45, 2.75) is 31.2 Å². The van der Waals surface area contributed by atoms with Gasteiger partial charge < -0.3 is 10.6 Å². The maximum atomic E-state index is 13.0. The standard InChI is InChI=1S/C14H16N6O3S/c1-7-9-11(24-13(7)20-16-5-6-17-20)18-14(23)19(12(9)22)8-3-2-4-15-10(8)21/h5-6,8-9,11H,2-4H2,1H3,(H,15,21)(H,18,23). The SMILES string of the molecule is CC1=C(n2nccn2)SC2NC(=O)N(C3CCCNC3=O)C(=O)C12. The van der Waals surface area contributed by atoms with Crippen molar-refractivity contribution in [3.8, 4) is 0 Å². The summed E-state index contributed by atoms with van der Waals surface area (Å²) in [5, 5.41) is 14.1. The van der Waals surface area contributed by atoms with Crippen LogP contribution in [0, 0.1) is 5.92 Å². The highest BCUT2D eigenvalue weighted by Crippen LogP contribution is 2.45. The number of urea groups is 1. The first-order valence-electron chi connectivity index (χ1n) is 7.73. The number of fused-ring (bicyclic) bond motifs is 1. The maximum absolute atomic E-state index is 13.0. The number of thioether (sulfide) groups is 1. The van der Waals surface area contributed by atoms with Gasteiger partial charge in [-0.1, -0.05) is 11.8 Å².